The predicted octanol–water partition coefficient (Wildman–Crippen LogP) is 2.20. The first-order valence-corrected chi connectivity index (χ1v) is 9.32. The Labute approximate surface area is 158 Å². The Balaban J connectivity index is 1.38. The van der Waals surface area contributed by atoms with Gasteiger partial charge in [-0.05, 0) is 30.3 Å². The van der Waals surface area contributed by atoms with Crippen molar-refractivity contribution in [2.45, 2.75) is 13.5 Å². The molecule has 0 atom stereocenters. The fourth-order valence-electron chi connectivity index (χ4n) is 3.36. The van der Waals surface area contributed by atoms with E-state index in [4.69, 9.17) is 9.47 Å². The smallest absolute Gasteiger partial charge is 0.255 e. The molecule has 1 aromatic carbocycles. The van der Waals surface area contributed by atoms with Crippen molar-refractivity contribution in [3.05, 3.63) is 47.8 Å². The lowest BCUT2D eigenvalue weighted by molar-refractivity contribution is 0.0643. The monoisotopic (exact) mass is 368 g/mol. The highest BCUT2D eigenvalue weighted by atomic mass is 16.7. The summed E-state index contributed by atoms with van der Waals surface area (Å²) in [7, 11) is 0. The molecule has 7 nitrogen and oxygen atoms in total. The fourth-order valence-corrected chi connectivity index (χ4v) is 3.36. The molecule has 0 saturated carbocycles. The average molecular weight is 368 g/mol. The molecule has 1 saturated heterocycles. The summed E-state index contributed by atoms with van der Waals surface area (Å²) in [6.07, 6.45) is 3.37. The number of nitrogens with zero attached hydrogens (tertiary/aromatic N) is 3. The molecular formula is C20H24N4O3. The summed E-state index contributed by atoms with van der Waals surface area (Å²) in [6.45, 7) is 7.45. The van der Waals surface area contributed by atoms with Crippen molar-refractivity contribution >= 4 is 11.6 Å². The van der Waals surface area contributed by atoms with E-state index in [1.165, 1.54) is 0 Å². The molecule has 0 spiro atoms. The number of aromatic nitrogens is 1. The molecule has 0 radical (unpaired) electrons. The summed E-state index contributed by atoms with van der Waals surface area (Å²) in [4.78, 5) is 21.3. The summed E-state index contributed by atoms with van der Waals surface area (Å²) in [6, 6.07) is 7.74. The van der Waals surface area contributed by atoms with Crippen molar-refractivity contribution in [3.63, 3.8) is 0 Å². The van der Waals surface area contributed by atoms with Gasteiger partial charge in [0.1, 0.15) is 0 Å². The number of amides is 1. The summed E-state index contributed by atoms with van der Waals surface area (Å²) in [5.41, 5.74) is 2.52. The lowest BCUT2D eigenvalue weighted by atomic mass is 10.2. The molecular weight excluding hydrogens is 344 g/mol. The molecule has 0 bridgehead atoms. The number of anilines is 1. The maximum Gasteiger partial charge on any atom is 0.255 e. The summed E-state index contributed by atoms with van der Waals surface area (Å²) in [5.74, 6) is 1.59. The van der Waals surface area contributed by atoms with Gasteiger partial charge in [0.2, 0.25) is 6.79 Å². The van der Waals surface area contributed by atoms with Gasteiger partial charge < -0.3 is 24.6 Å². The third-order valence-electron chi connectivity index (χ3n) is 5.03. The minimum atomic E-state index is 0.0463. The van der Waals surface area contributed by atoms with Crippen molar-refractivity contribution in [1.82, 2.24) is 14.8 Å². The highest BCUT2D eigenvalue weighted by Gasteiger charge is 2.21. The maximum atomic E-state index is 12.8. The molecule has 2 aromatic rings. The first-order chi connectivity index (χ1) is 13.2. The van der Waals surface area contributed by atoms with Gasteiger partial charge in [0.15, 0.2) is 11.5 Å². The van der Waals surface area contributed by atoms with Gasteiger partial charge in [0, 0.05) is 45.1 Å². The van der Waals surface area contributed by atoms with Crippen molar-refractivity contribution < 1.29 is 14.3 Å². The number of pyridine rings is 1. The zero-order valence-corrected chi connectivity index (χ0v) is 15.5. The second kappa shape index (κ2) is 7.84. The van der Waals surface area contributed by atoms with Crippen molar-refractivity contribution in [2.24, 2.45) is 0 Å². The predicted molar refractivity (Wildman–Crippen MR) is 102 cm³/mol. The van der Waals surface area contributed by atoms with Crippen LogP contribution in [-0.4, -0.2) is 60.2 Å². The number of fused-ring (bicyclic) bond motifs is 1. The van der Waals surface area contributed by atoms with Gasteiger partial charge in [-0.15, -0.1) is 0 Å². The molecule has 7 heteroatoms. The van der Waals surface area contributed by atoms with E-state index in [9.17, 15) is 4.79 Å². The van der Waals surface area contributed by atoms with E-state index in [-0.39, 0.29) is 12.7 Å². The van der Waals surface area contributed by atoms with E-state index in [1.807, 2.05) is 29.2 Å². The third-order valence-corrected chi connectivity index (χ3v) is 5.03. The van der Waals surface area contributed by atoms with E-state index < -0.39 is 0 Å². The molecule has 27 heavy (non-hydrogen) atoms. The highest BCUT2D eigenvalue weighted by molar-refractivity contribution is 5.94. The molecule has 3 heterocycles. The van der Waals surface area contributed by atoms with Crippen LogP contribution in [0.3, 0.4) is 0 Å². The number of piperazine rings is 1. The van der Waals surface area contributed by atoms with Crippen LogP contribution in [0.2, 0.25) is 0 Å². The average Bonchev–Trinajstić information content (AvgIpc) is 3.20. The van der Waals surface area contributed by atoms with E-state index in [0.29, 0.717) is 12.1 Å². The minimum Gasteiger partial charge on any atom is -0.454 e. The van der Waals surface area contributed by atoms with Crippen LogP contribution in [0.5, 0.6) is 11.5 Å². The van der Waals surface area contributed by atoms with Crippen LogP contribution in [0.15, 0.2) is 36.7 Å². The van der Waals surface area contributed by atoms with Crippen molar-refractivity contribution in [2.75, 3.05) is 44.8 Å². The van der Waals surface area contributed by atoms with Gasteiger partial charge in [-0.25, -0.2) is 0 Å². The molecule has 1 amide bonds. The third kappa shape index (κ3) is 3.98. The normalized spacial score (nSPS) is 16.4. The van der Waals surface area contributed by atoms with Gasteiger partial charge >= 0.3 is 0 Å². The summed E-state index contributed by atoms with van der Waals surface area (Å²) >= 11 is 0. The molecule has 142 valence electrons. The molecule has 0 unspecified atom stereocenters. The fraction of sp³-hybridized carbons (Fsp3) is 0.400. The van der Waals surface area contributed by atoms with Crippen molar-refractivity contribution in [1.29, 1.82) is 0 Å². The molecule has 2 aliphatic heterocycles. The van der Waals surface area contributed by atoms with E-state index >= 15 is 0 Å². The van der Waals surface area contributed by atoms with Crippen LogP contribution < -0.4 is 14.8 Å². The standard InChI is InChI=1S/C20H24N4O3/c1-2-23-5-7-24(8-6-23)20(25)16-10-17(13-21-12-16)22-11-15-3-4-18-19(9-15)27-14-26-18/h3-4,9-10,12-13,22H,2,5-8,11,14H2,1H3. The number of likely N-dealkylation sites (N-methyl/N-ethyl adjacent to an activating group) is 1. The number of rotatable bonds is 5. The topological polar surface area (TPSA) is 66.9 Å². The minimum absolute atomic E-state index is 0.0463. The largest absolute Gasteiger partial charge is 0.454 e. The zero-order chi connectivity index (χ0) is 18.6. The van der Waals surface area contributed by atoms with E-state index in [0.717, 1.165) is 55.5 Å². The van der Waals surface area contributed by atoms with Crippen LogP contribution in [0.1, 0.15) is 22.8 Å². The number of carbonyl (C=O) groups is 1. The highest BCUT2D eigenvalue weighted by Crippen LogP contribution is 2.32. The lowest BCUT2D eigenvalue weighted by Crippen LogP contribution is -2.48. The van der Waals surface area contributed by atoms with Gasteiger partial charge in [0.25, 0.3) is 5.91 Å². The van der Waals surface area contributed by atoms with Gasteiger partial charge in [-0.1, -0.05) is 13.0 Å². The van der Waals surface area contributed by atoms with Crippen LogP contribution in [-0.2, 0) is 6.54 Å². The van der Waals surface area contributed by atoms with Crippen LogP contribution >= 0.6 is 0 Å². The number of benzene rings is 1. The Morgan fingerprint density at radius 3 is 2.74 bits per heavy atom. The Morgan fingerprint density at radius 1 is 1.11 bits per heavy atom. The summed E-state index contributed by atoms with van der Waals surface area (Å²) in [5, 5.41) is 3.33. The Morgan fingerprint density at radius 2 is 1.93 bits per heavy atom. The maximum absolute atomic E-state index is 12.8. The van der Waals surface area contributed by atoms with E-state index in [1.54, 1.807) is 12.4 Å². The van der Waals surface area contributed by atoms with Gasteiger partial charge in [0.05, 0.1) is 11.3 Å². The molecule has 2 aliphatic rings. The molecule has 1 N–H and O–H groups in total. The first kappa shape index (κ1) is 17.6. The van der Waals surface area contributed by atoms with Crippen LogP contribution in [0, 0.1) is 0 Å². The molecule has 1 fully saturated rings. The second-order valence-corrected chi connectivity index (χ2v) is 6.73. The summed E-state index contributed by atoms with van der Waals surface area (Å²) < 4.78 is 10.7. The number of nitrogens with one attached hydrogen (secondary N) is 1. The Bertz CT molecular complexity index is 819. The number of hydrogen-bond acceptors (Lipinski definition) is 6. The number of hydrogen-bond donors (Lipinski definition) is 1. The van der Waals surface area contributed by atoms with E-state index in [2.05, 4.69) is 22.1 Å². The van der Waals surface area contributed by atoms with Crippen LogP contribution in [0.25, 0.3) is 0 Å². The second-order valence-electron chi connectivity index (χ2n) is 6.73. The molecule has 0 aliphatic carbocycles. The zero-order valence-electron chi connectivity index (χ0n) is 15.5. The lowest BCUT2D eigenvalue weighted by Gasteiger charge is -2.34. The Kier molecular flexibility index (Phi) is 5.11. The SMILES string of the molecule is CCN1CCN(C(=O)c2cncc(NCc3ccc4c(c3)OCO4)c2)CC1. The number of carbonyl (C=O) groups excluding carboxylic acids is 1. The first-order valence-electron chi connectivity index (χ1n) is 9.32. The van der Waals surface area contributed by atoms with Gasteiger partial charge in [-0.2, -0.15) is 0 Å². The molecule has 1 aromatic heterocycles. The molecule has 4 rings (SSSR count). The Hall–Kier alpha value is -2.80. The van der Waals surface area contributed by atoms with Gasteiger partial charge in [-0.3, -0.25) is 9.78 Å². The van der Waals surface area contributed by atoms with Crippen molar-refractivity contribution in [3.8, 4) is 11.5 Å². The van der Waals surface area contributed by atoms with Crippen LogP contribution in [0.4, 0.5) is 5.69 Å². The quantitative estimate of drug-likeness (QED) is 0.873. The number of ether oxygens (including phenoxy) is 2.